The summed E-state index contributed by atoms with van der Waals surface area (Å²) in [5.74, 6) is -0.959. The normalized spacial score (nSPS) is 14.3. The molecule has 0 saturated heterocycles. The number of hydrogen-bond acceptors (Lipinski definition) is 4. The van der Waals surface area contributed by atoms with Gasteiger partial charge in [-0.3, -0.25) is 0 Å². The summed E-state index contributed by atoms with van der Waals surface area (Å²) in [6.45, 7) is 2.31. The van der Waals surface area contributed by atoms with Gasteiger partial charge in [0.1, 0.15) is 6.61 Å². The van der Waals surface area contributed by atoms with Crippen LogP contribution in [-0.2, 0) is 14.9 Å². The van der Waals surface area contributed by atoms with Crippen LogP contribution in [0.15, 0.2) is 152 Å². The van der Waals surface area contributed by atoms with Crippen molar-refractivity contribution in [3.63, 3.8) is 0 Å². The van der Waals surface area contributed by atoms with Crippen LogP contribution < -0.4 is 0 Å². The van der Waals surface area contributed by atoms with Gasteiger partial charge >= 0.3 is 5.97 Å². The predicted molar refractivity (Wildman–Crippen MR) is 230 cm³/mol. The zero-order chi connectivity index (χ0) is 39.1. The van der Waals surface area contributed by atoms with Crippen LogP contribution in [0, 0.1) is 0 Å². The third kappa shape index (κ3) is 9.26. The summed E-state index contributed by atoms with van der Waals surface area (Å²) < 4.78 is 6.37. The maximum absolute atomic E-state index is 15.1. The molecule has 6 rings (SSSR count). The lowest BCUT2D eigenvalue weighted by atomic mass is 9.57. The number of hydrogen-bond donors (Lipinski definition) is 2. The summed E-state index contributed by atoms with van der Waals surface area (Å²) in [6.07, 6.45) is 17.3. The van der Waals surface area contributed by atoms with Crippen molar-refractivity contribution in [1.82, 2.24) is 0 Å². The molecular weight excluding hydrogens is 689 g/mol. The highest BCUT2D eigenvalue weighted by atomic mass is 16.6. The van der Waals surface area contributed by atoms with Crippen molar-refractivity contribution in [3.8, 4) is 11.1 Å². The van der Waals surface area contributed by atoms with E-state index in [4.69, 9.17) is 4.74 Å². The molecule has 0 radical (unpaired) electrons. The van der Waals surface area contributed by atoms with Crippen molar-refractivity contribution in [3.05, 3.63) is 179 Å². The SMILES string of the molecule is CCCCCCCCCCCCCC=CC(O)CC(O)(C(=O)OCC1c2ccccc2-c2ccccc21)C(c1ccccc1)(c1ccccc1)c1ccccc1. The van der Waals surface area contributed by atoms with E-state index < -0.39 is 23.1 Å². The van der Waals surface area contributed by atoms with E-state index in [9.17, 15) is 10.2 Å². The number of benzene rings is 5. The molecular formula is C52H60O4. The van der Waals surface area contributed by atoms with Gasteiger partial charge in [0.25, 0.3) is 0 Å². The first-order chi connectivity index (χ1) is 27.5. The Morgan fingerprint density at radius 3 is 1.48 bits per heavy atom. The number of allylic oxidation sites excluding steroid dienone is 1. The Labute approximate surface area is 335 Å². The Hall–Kier alpha value is -4.77. The Bertz CT molecular complexity index is 1810. The minimum Gasteiger partial charge on any atom is -0.463 e. The van der Waals surface area contributed by atoms with Crippen LogP contribution >= 0.6 is 0 Å². The van der Waals surface area contributed by atoms with Crippen LogP contribution in [0.25, 0.3) is 11.1 Å². The minimum atomic E-state index is -2.23. The second kappa shape index (κ2) is 20.4. The second-order valence-corrected chi connectivity index (χ2v) is 15.6. The lowest BCUT2D eigenvalue weighted by Gasteiger charge is -2.47. The van der Waals surface area contributed by atoms with Crippen molar-refractivity contribution in [2.24, 2.45) is 0 Å². The van der Waals surface area contributed by atoms with Gasteiger partial charge in [0.15, 0.2) is 5.60 Å². The monoisotopic (exact) mass is 748 g/mol. The van der Waals surface area contributed by atoms with Crippen molar-refractivity contribution in [2.75, 3.05) is 6.61 Å². The quantitative estimate of drug-likeness (QED) is 0.0320. The number of rotatable bonds is 22. The van der Waals surface area contributed by atoms with E-state index in [2.05, 4.69) is 31.2 Å². The fourth-order valence-corrected chi connectivity index (χ4v) is 8.94. The minimum absolute atomic E-state index is 0.0500. The molecule has 0 heterocycles. The van der Waals surface area contributed by atoms with Crippen molar-refractivity contribution in [1.29, 1.82) is 0 Å². The summed E-state index contributed by atoms with van der Waals surface area (Å²) in [7, 11) is 0. The van der Waals surface area contributed by atoms with E-state index in [1.807, 2.05) is 121 Å². The van der Waals surface area contributed by atoms with E-state index in [1.165, 1.54) is 57.8 Å². The number of aliphatic hydroxyl groups is 2. The molecule has 5 aromatic carbocycles. The third-order valence-electron chi connectivity index (χ3n) is 11.8. The van der Waals surface area contributed by atoms with Crippen LogP contribution in [0.4, 0.5) is 0 Å². The molecule has 2 N–H and O–H groups in total. The number of carbonyl (C=O) groups is 1. The zero-order valence-electron chi connectivity index (χ0n) is 33.2. The molecule has 0 saturated carbocycles. The molecule has 0 bridgehead atoms. The summed E-state index contributed by atoms with van der Waals surface area (Å²) in [5, 5.41) is 25.3. The van der Waals surface area contributed by atoms with E-state index in [1.54, 1.807) is 6.08 Å². The fourth-order valence-electron chi connectivity index (χ4n) is 8.94. The Morgan fingerprint density at radius 1 is 0.607 bits per heavy atom. The van der Waals surface area contributed by atoms with Crippen LogP contribution in [0.2, 0.25) is 0 Å². The number of ether oxygens (including phenoxy) is 1. The Kier molecular flexibility index (Phi) is 14.9. The number of esters is 1. The molecule has 0 fully saturated rings. The number of fused-ring (bicyclic) bond motifs is 3. The molecule has 2 atom stereocenters. The van der Waals surface area contributed by atoms with Gasteiger partial charge in [-0.25, -0.2) is 4.79 Å². The van der Waals surface area contributed by atoms with Gasteiger partial charge < -0.3 is 14.9 Å². The van der Waals surface area contributed by atoms with Crippen LogP contribution in [-0.4, -0.2) is 34.5 Å². The van der Waals surface area contributed by atoms with Gasteiger partial charge in [-0.05, 0) is 51.8 Å². The number of aliphatic hydroxyl groups excluding tert-OH is 1. The maximum Gasteiger partial charge on any atom is 0.339 e. The van der Waals surface area contributed by atoms with Crippen molar-refractivity contribution in [2.45, 2.75) is 113 Å². The molecule has 2 unspecified atom stereocenters. The van der Waals surface area contributed by atoms with Gasteiger partial charge in [0.2, 0.25) is 0 Å². The fraction of sp³-hybridized carbons (Fsp3) is 0.365. The molecule has 0 spiro atoms. The highest BCUT2D eigenvalue weighted by Gasteiger charge is 2.60. The van der Waals surface area contributed by atoms with Gasteiger partial charge in [0, 0.05) is 12.3 Å². The Morgan fingerprint density at radius 2 is 1.02 bits per heavy atom. The van der Waals surface area contributed by atoms with Gasteiger partial charge in [-0.1, -0.05) is 223 Å². The summed E-state index contributed by atoms with van der Waals surface area (Å²) in [5.41, 5.74) is 2.97. The average Bonchev–Trinajstić information content (AvgIpc) is 3.56. The second-order valence-electron chi connectivity index (χ2n) is 15.6. The van der Waals surface area contributed by atoms with E-state index in [0.717, 1.165) is 58.2 Å². The van der Waals surface area contributed by atoms with E-state index >= 15 is 4.79 Å². The smallest absolute Gasteiger partial charge is 0.339 e. The maximum atomic E-state index is 15.1. The molecule has 1 aliphatic rings. The first-order valence-corrected chi connectivity index (χ1v) is 21.1. The average molecular weight is 749 g/mol. The molecule has 4 nitrogen and oxygen atoms in total. The van der Waals surface area contributed by atoms with Gasteiger partial charge in [0.05, 0.1) is 11.5 Å². The van der Waals surface area contributed by atoms with Crippen molar-refractivity contribution < 1.29 is 19.7 Å². The molecule has 0 aromatic heterocycles. The van der Waals surface area contributed by atoms with Crippen molar-refractivity contribution >= 4 is 5.97 Å². The summed E-state index contributed by atoms with van der Waals surface area (Å²) >= 11 is 0. The number of carbonyl (C=O) groups excluding carboxylic acids is 1. The first-order valence-electron chi connectivity index (χ1n) is 21.1. The standard InChI is InChI=1S/C52H60O4/c1-2-3-4-5-6-7-8-9-10-11-12-13-23-34-44(53)39-51(55,50(54)56-40-49-47-37-26-24-35-45(47)46-36-25-27-38-48(46)49)52(41-28-17-14-18-29-41,42-30-19-15-20-31-42)43-32-21-16-22-33-43/h14-38,44,49,53,55H,2-13,39-40H2,1H3. The Balaban J connectivity index is 1.27. The molecule has 5 aromatic rings. The summed E-state index contributed by atoms with van der Waals surface area (Å²) in [6, 6.07) is 45.6. The lowest BCUT2D eigenvalue weighted by molar-refractivity contribution is -0.174. The first kappa shape index (κ1) is 40.9. The van der Waals surface area contributed by atoms with Crippen LogP contribution in [0.3, 0.4) is 0 Å². The lowest BCUT2D eigenvalue weighted by Crippen LogP contribution is -2.60. The highest BCUT2D eigenvalue weighted by Crippen LogP contribution is 2.51. The topological polar surface area (TPSA) is 66.8 Å². The van der Waals surface area contributed by atoms with Crippen LogP contribution in [0.1, 0.15) is 124 Å². The molecule has 4 heteroatoms. The third-order valence-corrected chi connectivity index (χ3v) is 11.8. The predicted octanol–water partition coefficient (Wildman–Crippen LogP) is 12.1. The molecule has 0 aliphatic heterocycles. The van der Waals surface area contributed by atoms with Gasteiger partial charge in [-0.15, -0.1) is 0 Å². The molecule has 292 valence electrons. The molecule has 56 heavy (non-hydrogen) atoms. The largest absolute Gasteiger partial charge is 0.463 e. The molecule has 1 aliphatic carbocycles. The van der Waals surface area contributed by atoms with E-state index in [-0.39, 0.29) is 18.9 Å². The van der Waals surface area contributed by atoms with Gasteiger partial charge in [-0.2, -0.15) is 0 Å². The highest BCUT2D eigenvalue weighted by molar-refractivity contribution is 5.86. The summed E-state index contributed by atoms with van der Waals surface area (Å²) in [4.78, 5) is 15.1. The van der Waals surface area contributed by atoms with Crippen LogP contribution in [0.5, 0.6) is 0 Å². The molecule has 0 amide bonds. The zero-order valence-corrected chi connectivity index (χ0v) is 33.2. The van der Waals surface area contributed by atoms with E-state index in [0.29, 0.717) is 0 Å². The number of unbranched alkanes of at least 4 members (excludes halogenated alkanes) is 11.